The fraction of sp³-hybridized carbons (Fsp3) is 0.625. The summed E-state index contributed by atoms with van der Waals surface area (Å²) in [5, 5.41) is 0. The molecule has 0 bridgehead atoms. The van der Waals surface area contributed by atoms with E-state index in [-0.39, 0.29) is 6.04 Å². The Morgan fingerprint density at radius 1 is 1.20 bits per heavy atom. The molecule has 1 rings (SSSR count). The van der Waals surface area contributed by atoms with E-state index in [4.69, 9.17) is 15.3 Å². The van der Waals surface area contributed by atoms with Gasteiger partial charge in [0.1, 0.15) is 11.5 Å². The lowest BCUT2D eigenvalue weighted by Gasteiger charge is -2.27. The van der Waals surface area contributed by atoms with Gasteiger partial charge in [0.2, 0.25) is 0 Å². The van der Waals surface area contributed by atoms with E-state index in [0.29, 0.717) is 5.92 Å². The van der Waals surface area contributed by atoms with Crippen LogP contribution in [0, 0.1) is 5.92 Å². The molecule has 20 heavy (non-hydrogen) atoms. The zero-order valence-electron chi connectivity index (χ0n) is 13.1. The van der Waals surface area contributed by atoms with Gasteiger partial charge in [0.25, 0.3) is 0 Å². The molecule has 4 nitrogen and oxygen atoms in total. The average molecular weight is 280 g/mol. The molecule has 0 aromatic heterocycles. The summed E-state index contributed by atoms with van der Waals surface area (Å²) in [5.41, 5.74) is 4.07. The van der Waals surface area contributed by atoms with Gasteiger partial charge < -0.3 is 9.47 Å². The lowest BCUT2D eigenvalue weighted by Crippen LogP contribution is -2.33. The first-order chi connectivity index (χ1) is 9.71. The van der Waals surface area contributed by atoms with Crippen molar-refractivity contribution in [2.75, 3.05) is 14.2 Å². The van der Waals surface area contributed by atoms with Gasteiger partial charge in [0, 0.05) is 11.6 Å². The van der Waals surface area contributed by atoms with Gasteiger partial charge in [-0.15, -0.1) is 0 Å². The standard InChI is InChI=1S/C16H28N2O2/c1-5-7-8-12(6-2)16(18-17)14-10-9-13(19-3)11-15(14)20-4/h9-12,16,18H,5-8,17H2,1-4H3. The van der Waals surface area contributed by atoms with Gasteiger partial charge in [0.05, 0.1) is 20.3 Å². The minimum atomic E-state index is 0.104. The second kappa shape index (κ2) is 8.82. The van der Waals surface area contributed by atoms with Crippen LogP contribution in [0.3, 0.4) is 0 Å². The molecule has 0 amide bonds. The Labute approximate surface area is 122 Å². The molecule has 2 unspecified atom stereocenters. The highest BCUT2D eigenvalue weighted by Gasteiger charge is 2.23. The van der Waals surface area contributed by atoms with Crippen molar-refractivity contribution in [2.45, 2.75) is 45.6 Å². The Kier molecular flexibility index (Phi) is 7.41. The van der Waals surface area contributed by atoms with Crippen LogP contribution in [0.2, 0.25) is 0 Å². The first-order valence-corrected chi connectivity index (χ1v) is 7.39. The highest BCUT2D eigenvalue weighted by Crippen LogP contribution is 2.35. The Morgan fingerprint density at radius 2 is 1.95 bits per heavy atom. The molecule has 0 fully saturated rings. The molecule has 0 radical (unpaired) electrons. The van der Waals surface area contributed by atoms with E-state index < -0.39 is 0 Å². The molecule has 114 valence electrons. The zero-order chi connectivity index (χ0) is 15.0. The third kappa shape index (κ3) is 4.12. The lowest BCUT2D eigenvalue weighted by atomic mass is 9.87. The van der Waals surface area contributed by atoms with Crippen LogP contribution >= 0.6 is 0 Å². The summed E-state index contributed by atoms with van der Waals surface area (Å²) in [5.74, 6) is 7.93. The minimum absolute atomic E-state index is 0.104. The van der Waals surface area contributed by atoms with Crippen LogP contribution in [0.15, 0.2) is 18.2 Å². The Hall–Kier alpha value is -1.26. The van der Waals surface area contributed by atoms with Crippen molar-refractivity contribution < 1.29 is 9.47 Å². The van der Waals surface area contributed by atoms with Crippen molar-refractivity contribution >= 4 is 0 Å². The van der Waals surface area contributed by atoms with Crippen molar-refractivity contribution in [3.63, 3.8) is 0 Å². The summed E-state index contributed by atoms with van der Waals surface area (Å²) in [6.45, 7) is 4.42. The summed E-state index contributed by atoms with van der Waals surface area (Å²) in [4.78, 5) is 0. The van der Waals surface area contributed by atoms with Crippen LogP contribution < -0.4 is 20.7 Å². The lowest BCUT2D eigenvalue weighted by molar-refractivity contribution is 0.313. The fourth-order valence-electron chi connectivity index (χ4n) is 2.63. The molecule has 0 saturated heterocycles. The number of nitrogens with two attached hydrogens (primary N) is 1. The third-order valence-electron chi connectivity index (χ3n) is 3.88. The van der Waals surface area contributed by atoms with Crippen LogP contribution in [-0.4, -0.2) is 14.2 Å². The second-order valence-corrected chi connectivity index (χ2v) is 5.06. The number of ether oxygens (including phenoxy) is 2. The van der Waals surface area contributed by atoms with Crippen LogP contribution in [0.5, 0.6) is 11.5 Å². The summed E-state index contributed by atoms with van der Waals surface area (Å²) in [6.07, 6.45) is 4.67. The third-order valence-corrected chi connectivity index (χ3v) is 3.88. The molecular formula is C16H28N2O2. The molecule has 0 spiro atoms. The summed E-state index contributed by atoms with van der Waals surface area (Å²) < 4.78 is 10.7. The quantitative estimate of drug-likeness (QED) is 0.537. The van der Waals surface area contributed by atoms with E-state index >= 15 is 0 Å². The Balaban J connectivity index is 3.03. The smallest absolute Gasteiger partial charge is 0.127 e. The molecule has 0 saturated carbocycles. The van der Waals surface area contributed by atoms with E-state index in [1.54, 1.807) is 14.2 Å². The number of hydrogen-bond donors (Lipinski definition) is 2. The fourth-order valence-corrected chi connectivity index (χ4v) is 2.63. The largest absolute Gasteiger partial charge is 0.497 e. The van der Waals surface area contributed by atoms with Gasteiger partial charge in [-0.2, -0.15) is 0 Å². The van der Waals surface area contributed by atoms with Gasteiger partial charge in [0.15, 0.2) is 0 Å². The highest BCUT2D eigenvalue weighted by atomic mass is 16.5. The molecule has 1 aromatic carbocycles. The van der Waals surface area contributed by atoms with E-state index in [1.165, 1.54) is 12.8 Å². The molecular weight excluding hydrogens is 252 g/mol. The monoisotopic (exact) mass is 280 g/mol. The zero-order valence-corrected chi connectivity index (χ0v) is 13.1. The maximum absolute atomic E-state index is 5.81. The van der Waals surface area contributed by atoms with Gasteiger partial charge in [-0.05, 0) is 18.4 Å². The van der Waals surface area contributed by atoms with Gasteiger partial charge in [-0.25, -0.2) is 0 Å². The van der Waals surface area contributed by atoms with E-state index in [0.717, 1.165) is 29.9 Å². The molecule has 0 aliphatic heterocycles. The van der Waals surface area contributed by atoms with Gasteiger partial charge >= 0.3 is 0 Å². The number of nitrogens with one attached hydrogen (secondary N) is 1. The van der Waals surface area contributed by atoms with Crippen LogP contribution in [-0.2, 0) is 0 Å². The first kappa shape index (κ1) is 16.8. The van der Waals surface area contributed by atoms with Crippen LogP contribution in [0.4, 0.5) is 0 Å². The van der Waals surface area contributed by atoms with Crippen molar-refractivity contribution in [2.24, 2.45) is 11.8 Å². The average Bonchev–Trinajstić information content (AvgIpc) is 2.51. The highest BCUT2D eigenvalue weighted by molar-refractivity contribution is 5.42. The molecule has 4 heteroatoms. The summed E-state index contributed by atoms with van der Waals surface area (Å²) in [7, 11) is 3.34. The molecule has 3 N–H and O–H groups in total. The molecule has 2 atom stereocenters. The maximum Gasteiger partial charge on any atom is 0.127 e. The molecule has 0 aliphatic carbocycles. The second-order valence-electron chi connectivity index (χ2n) is 5.06. The maximum atomic E-state index is 5.81. The Morgan fingerprint density at radius 3 is 2.45 bits per heavy atom. The predicted octanol–water partition coefficient (Wildman–Crippen LogP) is 3.42. The van der Waals surface area contributed by atoms with Gasteiger partial charge in [-0.3, -0.25) is 11.3 Å². The van der Waals surface area contributed by atoms with Crippen LogP contribution in [0.25, 0.3) is 0 Å². The molecule has 1 aromatic rings. The van der Waals surface area contributed by atoms with Crippen LogP contribution in [0.1, 0.15) is 51.1 Å². The predicted molar refractivity (Wildman–Crippen MR) is 82.9 cm³/mol. The minimum Gasteiger partial charge on any atom is -0.497 e. The van der Waals surface area contributed by atoms with Crippen molar-refractivity contribution in [1.82, 2.24) is 5.43 Å². The van der Waals surface area contributed by atoms with Crippen molar-refractivity contribution in [3.05, 3.63) is 23.8 Å². The van der Waals surface area contributed by atoms with E-state index in [1.807, 2.05) is 18.2 Å². The number of hydrogen-bond acceptors (Lipinski definition) is 4. The Bertz CT molecular complexity index is 396. The number of rotatable bonds is 9. The SMILES string of the molecule is CCCCC(CC)C(NN)c1ccc(OC)cc1OC. The van der Waals surface area contributed by atoms with E-state index in [9.17, 15) is 0 Å². The summed E-state index contributed by atoms with van der Waals surface area (Å²) in [6, 6.07) is 6.00. The number of hydrazine groups is 1. The topological polar surface area (TPSA) is 56.5 Å². The number of methoxy groups -OCH3 is 2. The molecule has 0 heterocycles. The van der Waals surface area contributed by atoms with Gasteiger partial charge in [-0.1, -0.05) is 39.2 Å². The molecule has 0 aliphatic rings. The summed E-state index contributed by atoms with van der Waals surface area (Å²) >= 11 is 0. The number of unbranched alkanes of at least 4 members (excludes halogenated alkanes) is 1. The van der Waals surface area contributed by atoms with Crippen molar-refractivity contribution in [3.8, 4) is 11.5 Å². The van der Waals surface area contributed by atoms with Crippen molar-refractivity contribution in [1.29, 1.82) is 0 Å². The number of benzene rings is 1. The van der Waals surface area contributed by atoms with E-state index in [2.05, 4.69) is 19.3 Å². The normalized spacial score (nSPS) is 13.8. The first-order valence-electron chi connectivity index (χ1n) is 7.39.